The zero-order chi connectivity index (χ0) is 12.5. The molecular formula is C12H17N3O2. The molecule has 2 rings (SSSR count). The summed E-state index contributed by atoms with van der Waals surface area (Å²) in [5.74, 6) is 0. The van der Waals surface area contributed by atoms with Gasteiger partial charge in [0.05, 0.1) is 4.92 Å². The maximum Gasteiger partial charge on any atom is 0.274 e. The van der Waals surface area contributed by atoms with E-state index in [9.17, 15) is 10.1 Å². The van der Waals surface area contributed by atoms with E-state index in [1.807, 2.05) is 6.07 Å². The van der Waals surface area contributed by atoms with Crippen molar-refractivity contribution in [2.24, 2.45) is 5.73 Å². The maximum atomic E-state index is 10.8. The van der Waals surface area contributed by atoms with Gasteiger partial charge in [-0.25, -0.2) is 0 Å². The van der Waals surface area contributed by atoms with Crippen LogP contribution in [0.3, 0.4) is 0 Å². The summed E-state index contributed by atoms with van der Waals surface area (Å²) in [6, 6.07) is 5.06. The van der Waals surface area contributed by atoms with Crippen LogP contribution >= 0.6 is 0 Å². The fourth-order valence-corrected chi connectivity index (χ4v) is 2.09. The largest absolute Gasteiger partial charge is 0.383 e. The maximum absolute atomic E-state index is 10.8. The van der Waals surface area contributed by atoms with Crippen molar-refractivity contribution in [3.8, 4) is 0 Å². The molecule has 1 aliphatic rings. The number of benzene rings is 1. The van der Waals surface area contributed by atoms with Crippen LogP contribution in [0.1, 0.15) is 24.8 Å². The van der Waals surface area contributed by atoms with Crippen molar-refractivity contribution in [3.63, 3.8) is 0 Å². The number of nitro benzene ring substituents is 1. The van der Waals surface area contributed by atoms with Gasteiger partial charge >= 0.3 is 0 Å². The average Bonchev–Trinajstić information content (AvgIpc) is 2.25. The lowest BCUT2D eigenvalue weighted by Crippen LogP contribution is -2.52. The molecule has 17 heavy (non-hydrogen) atoms. The molecule has 5 heteroatoms. The zero-order valence-electron chi connectivity index (χ0n) is 9.90. The standard InChI is InChI=1S/C12H17N3O2/c1-9-10(4-2-5-11(9)15(16)17)14-8-12(13)6-3-7-12/h2,4-5,14H,3,6-8,13H2,1H3. The van der Waals surface area contributed by atoms with Gasteiger partial charge < -0.3 is 11.1 Å². The Morgan fingerprint density at radius 3 is 2.76 bits per heavy atom. The number of hydrogen-bond acceptors (Lipinski definition) is 4. The van der Waals surface area contributed by atoms with Crippen molar-refractivity contribution in [2.75, 3.05) is 11.9 Å². The molecule has 0 amide bonds. The van der Waals surface area contributed by atoms with Crippen molar-refractivity contribution in [1.29, 1.82) is 0 Å². The van der Waals surface area contributed by atoms with Crippen molar-refractivity contribution < 1.29 is 4.92 Å². The highest BCUT2D eigenvalue weighted by Crippen LogP contribution is 2.31. The topological polar surface area (TPSA) is 81.2 Å². The van der Waals surface area contributed by atoms with Crippen LogP contribution in [0, 0.1) is 17.0 Å². The number of nitro groups is 1. The predicted molar refractivity (Wildman–Crippen MR) is 67.1 cm³/mol. The molecule has 0 unspecified atom stereocenters. The average molecular weight is 235 g/mol. The second-order valence-electron chi connectivity index (χ2n) is 4.78. The van der Waals surface area contributed by atoms with E-state index < -0.39 is 0 Å². The van der Waals surface area contributed by atoms with E-state index in [1.165, 1.54) is 12.5 Å². The first-order chi connectivity index (χ1) is 8.02. The lowest BCUT2D eigenvalue weighted by atomic mass is 9.78. The molecule has 1 saturated carbocycles. The Bertz CT molecular complexity index is 441. The molecule has 0 aromatic heterocycles. The van der Waals surface area contributed by atoms with Gasteiger partial charge in [-0.3, -0.25) is 10.1 Å². The minimum absolute atomic E-state index is 0.128. The predicted octanol–water partition coefficient (Wildman–Crippen LogP) is 2.20. The molecule has 1 fully saturated rings. The molecule has 3 N–H and O–H groups in total. The minimum atomic E-state index is -0.359. The van der Waals surface area contributed by atoms with Gasteiger partial charge in [-0.2, -0.15) is 0 Å². The van der Waals surface area contributed by atoms with Crippen LogP contribution in [-0.2, 0) is 0 Å². The van der Waals surface area contributed by atoms with Gasteiger partial charge in [0.2, 0.25) is 0 Å². The molecule has 1 aliphatic carbocycles. The highest BCUT2D eigenvalue weighted by atomic mass is 16.6. The van der Waals surface area contributed by atoms with Gasteiger partial charge in [-0.05, 0) is 32.3 Å². The van der Waals surface area contributed by atoms with E-state index in [0.717, 1.165) is 18.5 Å². The number of anilines is 1. The highest BCUT2D eigenvalue weighted by molar-refractivity contribution is 5.59. The van der Waals surface area contributed by atoms with Gasteiger partial charge in [0.15, 0.2) is 0 Å². The van der Waals surface area contributed by atoms with Gasteiger partial charge in [-0.15, -0.1) is 0 Å². The molecule has 1 aromatic rings. The Labute approximate surface area is 100 Å². The van der Waals surface area contributed by atoms with Gasteiger partial charge in [0.25, 0.3) is 5.69 Å². The van der Waals surface area contributed by atoms with Crippen LogP contribution in [0.15, 0.2) is 18.2 Å². The molecule has 0 bridgehead atoms. The molecule has 0 radical (unpaired) electrons. The Morgan fingerprint density at radius 1 is 1.53 bits per heavy atom. The van der Waals surface area contributed by atoms with E-state index in [1.54, 1.807) is 13.0 Å². The molecule has 92 valence electrons. The molecule has 0 aliphatic heterocycles. The summed E-state index contributed by atoms with van der Waals surface area (Å²) in [5.41, 5.74) is 7.59. The molecule has 0 atom stereocenters. The first-order valence-corrected chi connectivity index (χ1v) is 5.79. The Morgan fingerprint density at radius 2 is 2.24 bits per heavy atom. The first kappa shape index (κ1) is 11.9. The second-order valence-corrected chi connectivity index (χ2v) is 4.78. The summed E-state index contributed by atoms with van der Waals surface area (Å²) < 4.78 is 0. The summed E-state index contributed by atoms with van der Waals surface area (Å²) in [5, 5.41) is 14.0. The number of nitrogens with one attached hydrogen (secondary N) is 1. The molecule has 0 heterocycles. The van der Waals surface area contributed by atoms with E-state index >= 15 is 0 Å². The Balaban J connectivity index is 2.10. The molecule has 1 aromatic carbocycles. The lowest BCUT2D eigenvalue weighted by Gasteiger charge is -2.38. The van der Waals surface area contributed by atoms with Crippen LogP contribution in [0.25, 0.3) is 0 Å². The number of nitrogens with zero attached hydrogens (tertiary/aromatic N) is 1. The van der Waals surface area contributed by atoms with Gasteiger partial charge in [0.1, 0.15) is 0 Å². The SMILES string of the molecule is Cc1c(NCC2(N)CCC2)cccc1[N+](=O)[O-]. The Hall–Kier alpha value is -1.62. The zero-order valence-corrected chi connectivity index (χ0v) is 9.90. The Kier molecular flexibility index (Phi) is 3.02. The van der Waals surface area contributed by atoms with Crippen molar-refractivity contribution >= 4 is 11.4 Å². The van der Waals surface area contributed by atoms with E-state index in [4.69, 9.17) is 5.73 Å². The number of hydrogen-bond donors (Lipinski definition) is 2. The molecular weight excluding hydrogens is 218 g/mol. The second kappa shape index (κ2) is 4.33. The van der Waals surface area contributed by atoms with E-state index in [0.29, 0.717) is 12.1 Å². The van der Waals surface area contributed by atoms with Gasteiger partial charge in [0, 0.05) is 29.4 Å². The highest BCUT2D eigenvalue weighted by Gasteiger charge is 2.32. The smallest absolute Gasteiger partial charge is 0.274 e. The summed E-state index contributed by atoms with van der Waals surface area (Å²) >= 11 is 0. The molecule has 0 spiro atoms. The van der Waals surface area contributed by atoms with E-state index in [-0.39, 0.29) is 16.1 Å². The van der Waals surface area contributed by atoms with Crippen LogP contribution in [0.5, 0.6) is 0 Å². The minimum Gasteiger partial charge on any atom is -0.383 e. The van der Waals surface area contributed by atoms with Gasteiger partial charge in [-0.1, -0.05) is 6.07 Å². The fraction of sp³-hybridized carbons (Fsp3) is 0.500. The monoisotopic (exact) mass is 235 g/mol. The number of nitrogens with two attached hydrogens (primary N) is 1. The third kappa shape index (κ3) is 2.39. The third-order valence-corrected chi connectivity index (χ3v) is 3.48. The normalized spacial score (nSPS) is 17.3. The van der Waals surface area contributed by atoms with Crippen molar-refractivity contribution in [3.05, 3.63) is 33.9 Å². The lowest BCUT2D eigenvalue weighted by molar-refractivity contribution is -0.385. The molecule has 0 saturated heterocycles. The summed E-state index contributed by atoms with van der Waals surface area (Å²) in [7, 11) is 0. The van der Waals surface area contributed by atoms with Crippen LogP contribution < -0.4 is 11.1 Å². The van der Waals surface area contributed by atoms with Crippen LogP contribution in [0.2, 0.25) is 0 Å². The quantitative estimate of drug-likeness (QED) is 0.619. The fourth-order valence-electron chi connectivity index (χ4n) is 2.09. The summed E-state index contributed by atoms with van der Waals surface area (Å²) in [6.07, 6.45) is 3.22. The molecule has 5 nitrogen and oxygen atoms in total. The van der Waals surface area contributed by atoms with Crippen molar-refractivity contribution in [1.82, 2.24) is 0 Å². The number of rotatable bonds is 4. The summed E-state index contributed by atoms with van der Waals surface area (Å²) in [4.78, 5) is 10.4. The van der Waals surface area contributed by atoms with Crippen molar-refractivity contribution in [2.45, 2.75) is 31.7 Å². The summed E-state index contributed by atoms with van der Waals surface area (Å²) in [6.45, 7) is 2.43. The van der Waals surface area contributed by atoms with E-state index in [2.05, 4.69) is 5.32 Å². The third-order valence-electron chi connectivity index (χ3n) is 3.48. The van der Waals surface area contributed by atoms with Crippen LogP contribution in [0.4, 0.5) is 11.4 Å². The van der Waals surface area contributed by atoms with Crippen LogP contribution in [-0.4, -0.2) is 17.0 Å². The first-order valence-electron chi connectivity index (χ1n) is 5.79.